The van der Waals surface area contributed by atoms with E-state index in [1.807, 2.05) is 42.5 Å². The molecule has 8 heteroatoms. The summed E-state index contributed by atoms with van der Waals surface area (Å²) in [4.78, 5) is 2.35. The quantitative estimate of drug-likeness (QED) is 0.263. The van der Waals surface area contributed by atoms with Crippen molar-refractivity contribution in [2.24, 2.45) is 0 Å². The Morgan fingerprint density at radius 2 is 1.49 bits per heavy atom. The summed E-state index contributed by atoms with van der Waals surface area (Å²) in [5, 5.41) is 20.8. The van der Waals surface area contributed by atoms with Gasteiger partial charge in [0.25, 0.3) is 0 Å². The van der Waals surface area contributed by atoms with Gasteiger partial charge in [-0.3, -0.25) is 4.90 Å². The Labute approximate surface area is 222 Å². The molecular formula is C29H28ClNO5S. The summed E-state index contributed by atoms with van der Waals surface area (Å²) in [7, 11) is -3.70. The fourth-order valence-corrected chi connectivity index (χ4v) is 5.37. The summed E-state index contributed by atoms with van der Waals surface area (Å²) in [6.07, 6.45) is -0.716. The largest absolute Gasteiger partial charge is 0.508 e. The van der Waals surface area contributed by atoms with Crippen LogP contribution in [0, 0.1) is 0 Å². The average molecular weight is 538 g/mol. The fraction of sp³-hybridized carbons (Fsp3) is 0.172. The van der Waals surface area contributed by atoms with Gasteiger partial charge in [-0.1, -0.05) is 54.1 Å². The smallest absolute Gasteiger partial charge is 0.206 e. The molecule has 0 aliphatic carbocycles. The Hall–Kier alpha value is -3.36. The van der Waals surface area contributed by atoms with Crippen LogP contribution in [-0.2, 0) is 16.4 Å². The van der Waals surface area contributed by atoms with Gasteiger partial charge < -0.3 is 14.9 Å². The first kappa shape index (κ1) is 26.7. The Morgan fingerprint density at radius 1 is 0.838 bits per heavy atom. The topological polar surface area (TPSA) is 87.1 Å². The first-order valence-corrected chi connectivity index (χ1v) is 13.6. The van der Waals surface area contributed by atoms with Gasteiger partial charge in [0, 0.05) is 24.7 Å². The van der Waals surface area contributed by atoms with Gasteiger partial charge in [-0.25, -0.2) is 8.42 Å². The van der Waals surface area contributed by atoms with Crippen LogP contribution in [0.2, 0.25) is 5.02 Å². The highest BCUT2D eigenvalue weighted by Crippen LogP contribution is 2.25. The number of halogens is 1. The Balaban J connectivity index is 1.39. The van der Waals surface area contributed by atoms with Crippen molar-refractivity contribution in [3.8, 4) is 11.5 Å². The second-order valence-corrected chi connectivity index (χ2v) is 11.0. The van der Waals surface area contributed by atoms with Gasteiger partial charge in [-0.15, -0.1) is 0 Å². The van der Waals surface area contributed by atoms with Crippen LogP contribution in [0.4, 0.5) is 0 Å². The number of sulfone groups is 1. The Morgan fingerprint density at radius 3 is 2.14 bits per heavy atom. The summed E-state index contributed by atoms with van der Waals surface area (Å²) in [6, 6.07) is 28.9. The minimum absolute atomic E-state index is 0.00379. The molecule has 0 radical (unpaired) electrons. The molecule has 1 atom stereocenters. The predicted octanol–water partition coefficient (Wildman–Crippen LogP) is 5.49. The van der Waals surface area contributed by atoms with E-state index in [-0.39, 0.29) is 15.5 Å². The molecule has 0 saturated heterocycles. The SMILES string of the molecule is O=S(=O)(c1ccc(O)cc1)c1ccc(OCCN(Cc2ccccc2)C[C@@H](O)c2cccc(Cl)c2)cc1. The number of hydrogen-bond donors (Lipinski definition) is 2. The van der Waals surface area contributed by atoms with Crippen LogP contribution in [0.3, 0.4) is 0 Å². The van der Waals surface area contributed by atoms with Crippen LogP contribution in [0.5, 0.6) is 11.5 Å². The molecule has 4 rings (SSSR count). The lowest BCUT2D eigenvalue weighted by Gasteiger charge is -2.25. The zero-order chi connectivity index (χ0) is 26.3. The molecule has 37 heavy (non-hydrogen) atoms. The molecule has 0 amide bonds. The molecule has 0 fully saturated rings. The minimum atomic E-state index is -3.70. The third-order valence-electron chi connectivity index (χ3n) is 5.87. The van der Waals surface area contributed by atoms with Gasteiger partial charge in [0.05, 0.1) is 15.9 Å². The van der Waals surface area contributed by atoms with Crippen molar-refractivity contribution in [2.45, 2.75) is 22.4 Å². The number of phenolic OH excluding ortho intramolecular Hbond substituents is 1. The van der Waals surface area contributed by atoms with Crippen molar-refractivity contribution in [1.29, 1.82) is 0 Å². The number of ether oxygens (including phenoxy) is 1. The number of aliphatic hydroxyl groups is 1. The highest BCUT2D eigenvalue weighted by molar-refractivity contribution is 7.91. The van der Waals surface area contributed by atoms with Gasteiger partial charge >= 0.3 is 0 Å². The van der Waals surface area contributed by atoms with Crippen molar-refractivity contribution in [2.75, 3.05) is 19.7 Å². The number of aliphatic hydroxyl groups excluding tert-OH is 1. The van der Waals surface area contributed by atoms with Crippen LogP contribution < -0.4 is 4.74 Å². The fourth-order valence-electron chi connectivity index (χ4n) is 3.91. The van der Waals surface area contributed by atoms with Gasteiger partial charge in [-0.2, -0.15) is 0 Å². The Bertz CT molecular complexity index is 1390. The van der Waals surface area contributed by atoms with Crippen LogP contribution >= 0.6 is 11.6 Å². The number of nitrogens with zero attached hydrogens (tertiary/aromatic N) is 1. The number of aromatic hydroxyl groups is 1. The van der Waals surface area contributed by atoms with Crippen LogP contribution in [-0.4, -0.2) is 43.2 Å². The van der Waals surface area contributed by atoms with Crippen LogP contribution in [0.25, 0.3) is 0 Å². The lowest BCUT2D eigenvalue weighted by atomic mass is 10.1. The first-order valence-electron chi connectivity index (χ1n) is 11.8. The van der Waals surface area contributed by atoms with Crippen LogP contribution in [0.15, 0.2) is 113 Å². The highest BCUT2D eigenvalue weighted by atomic mass is 35.5. The van der Waals surface area contributed by atoms with E-state index in [1.54, 1.807) is 24.3 Å². The minimum Gasteiger partial charge on any atom is -0.508 e. The molecule has 192 valence electrons. The molecule has 0 heterocycles. The van der Waals surface area contributed by atoms with E-state index >= 15 is 0 Å². The van der Waals surface area contributed by atoms with Gasteiger partial charge in [-0.05, 0) is 71.8 Å². The van der Waals surface area contributed by atoms with Crippen molar-refractivity contribution in [3.63, 3.8) is 0 Å². The normalized spacial score (nSPS) is 12.4. The molecule has 0 saturated carbocycles. The second-order valence-electron chi connectivity index (χ2n) is 8.61. The number of benzene rings is 4. The molecule has 0 spiro atoms. The third-order valence-corrected chi connectivity index (χ3v) is 7.89. The summed E-state index contributed by atoms with van der Waals surface area (Å²) in [5.74, 6) is 0.545. The van der Waals surface area contributed by atoms with Gasteiger partial charge in [0.15, 0.2) is 0 Å². The zero-order valence-corrected chi connectivity index (χ0v) is 21.6. The number of hydrogen-bond acceptors (Lipinski definition) is 6. The second kappa shape index (κ2) is 12.3. The van der Waals surface area contributed by atoms with Gasteiger partial charge in [0.2, 0.25) is 9.84 Å². The van der Waals surface area contributed by atoms with E-state index in [1.165, 1.54) is 36.4 Å². The molecular weight excluding hydrogens is 510 g/mol. The molecule has 0 aromatic heterocycles. The van der Waals surface area contributed by atoms with E-state index in [2.05, 4.69) is 4.90 Å². The molecule has 4 aromatic rings. The maximum Gasteiger partial charge on any atom is 0.206 e. The molecule has 6 nitrogen and oxygen atoms in total. The average Bonchev–Trinajstić information content (AvgIpc) is 2.90. The number of rotatable bonds is 11. The van der Waals surface area contributed by atoms with Crippen molar-refractivity contribution in [3.05, 3.63) is 119 Å². The van der Waals surface area contributed by atoms with E-state index < -0.39 is 15.9 Å². The van der Waals surface area contributed by atoms with Crippen LogP contribution in [0.1, 0.15) is 17.2 Å². The lowest BCUT2D eigenvalue weighted by molar-refractivity contribution is 0.0986. The third kappa shape index (κ3) is 7.33. The monoisotopic (exact) mass is 537 g/mol. The summed E-state index contributed by atoms with van der Waals surface area (Å²) in [5.41, 5.74) is 1.86. The molecule has 0 aliphatic rings. The summed E-state index contributed by atoms with van der Waals surface area (Å²) in [6.45, 7) is 1.91. The first-order chi connectivity index (χ1) is 17.8. The van der Waals surface area contributed by atoms with E-state index in [4.69, 9.17) is 16.3 Å². The van der Waals surface area contributed by atoms with Crippen molar-refractivity contribution in [1.82, 2.24) is 4.90 Å². The Kier molecular flexibility index (Phi) is 8.84. The van der Waals surface area contributed by atoms with E-state index in [9.17, 15) is 18.6 Å². The number of phenols is 1. The molecule has 0 bridgehead atoms. The predicted molar refractivity (Wildman–Crippen MR) is 144 cm³/mol. The van der Waals surface area contributed by atoms with Gasteiger partial charge in [0.1, 0.15) is 18.1 Å². The molecule has 0 aliphatic heterocycles. The highest BCUT2D eigenvalue weighted by Gasteiger charge is 2.18. The molecule has 2 N–H and O–H groups in total. The summed E-state index contributed by atoms with van der Waals surface area (Å²) < 4.78 is 31.5. The lowest BCUT2D eigenvalue weighted by Crippen LogP contribution is -2.32. The van der Waals surface area contributed by atoms with Crippen molar-refractivity contribution < 1.29 is 23.4 Å². The van der Waals surface area contributed by atoms with E-state index in [0.29, 0.717) is 37.0 Å². The van der Waals surface area contributed by atoms with Crippen molar-refractivity contribution >= 4 is 21.4 Å². The maximum atomic E-state index is 12.8. The molecule has 4 aromatic carbocycles. The maximum absolute atomic E-state index is 12.8. The van der Waals surface area contributed by atoms with E-state index in [0.717, 1.165) is 11.1 Å². The standard InChI is InChI=1S/C29H28ClNO5S/c30-24-8-4-7-23(19-24)29(33)21-31(20-22-5-2-1-3-6-22)17-18-36-26-11-15-28(16-12-26)37(34,35)27-13-9-25(32)10-14-27/h1-16,19,29,32-33H,17-18,20-21H2/t29-/m1/s1. The summed E-state index contributed by atoms with van der Waals surface area (Å²) >= 11 is 6.09. The zero-order valence-electron chi connectivity index (χ0n) is 20.1. The molecule has 0 unspecified atom stereocenters.